The van der Waals surface area contributed by atoms with Crippen LogP contribution >= 0.6 is 0 Å². The maximum absolute atomic E-state index is 13.7. The molecule has 0 radical (unpaired) electrons. The topological polar surface area (TPSA) is 136 Å². The molecule has 226 valence electrons. The molecule has 0 aromatic heterocycles. The summed E-state index contributed by atoms with van der Waals surface area (Å²) < 4.78 is 12.0. The number of hydrogen-bond donors (Lipinski definition) is 1. The molecule has 10 nitrogen and oxygen atoms in total. The predicted octanol–water partition coefficient (Wildman–Crippen LogP) is 5.22. The van der Waals surface area contributed by atoms with Gasteiger partial charge in [-0.3, -0.25) is 19.7 Å². The summed E-state index contributed by atoms with van der Waals surface area (Å²) >= 11 is 0. The molecule has 0 bridgehead atoms. The highest BCUT2D eigenvalue weighted by Crippen LogP contribution is 2.49. The largest absolute Gasteiger partial charge is 0.456 e. The minimum atomic E-state index is -1.96. The van der Waals surface area contributed by atoms with Crippen molar-refractivity contribution in [1.29, 1.82) is 0 Å². The molecule has 2 aliphatic heterocycles. The number of nitro benzene ring substituents is 1. The fraction of sp³-hybridized carbons (Fsp3) is 0.303. The van der Waals surface area contributed by atoms with Crippen molar-refractivity contribution < 1.29 is 33.6 Å². The lowest BCUT2D eigenvalue weighted by atomic mass is 9.82. The number of esters is 1. The molecule has 11 heteroatoms. The number of fused-ring (bicyclic) bond motifs is 4. The van der Waals surface area contributed by atoms with Crippen molar-refractivity contribution in [3.63, 3.8) is 0 Å². The monoisotopic (exact) mass is 612 g/mol. The first-order valence-electron chi connectivity index (χ1n) is 14.5. The number of nitrogens with zero attached hydrogens (tertiary/aromatic N) is 2. The van der Waals surface area contributed by atoms with Crippen LogP contribution < -0.4 is 0 Å². The number of hydrogen-bond acceptors (Lipinski definition) is 8. The minimum absolute atomic E-state index is 0.0769. The quantitative estimate of drug-likeness (QED) is 0.0893. The van der Waals surface area contributed by atoms with Gasteiger partial charge in [0.05, 0.1) is 29.6 Å². The van der Waals surface area contributed by atoms with E-state index < -0.39 is 25.1 Å². The van der Waals surface area contributed by atoms with Crippen LogP contribution in [0.3, 0.4) is 0 Å². The molecule has 0 unspecified atom stereocenters. The lowest BCUT2D eigenvalue weighted by Gasteiger charge is -2.47. The summed E-state index contributed by atoms with van der Waals surface area (Å²) in [5.74, 6) is -1.52. The molecular formula is C33H32N2O8Si. The van der Waals surface area contributed by atoms with Crippen LogP contribution in [0.1, 0.15) is 46.0 Å². The number of non-ortho nitro benzene ring substituents is 1. The lowest BCUT2D eigenvalue weighted by Crippen LogP contribution is -2.63. The van der Waals surface area contributed by atoms with Crippen molar-refractivity contribution in [2.45, 2.75) is 58.3 Å². The maximum Gasteiger partial charge on any atom is 0.355 e. The van der Waals surface area contributed by atoms with Gasteiger partial charge in [0, 0.05) is 23.3 Å². The highest BCUT2D eigenvalue weighted by atomic mass is 28.4. The zero-order valence-corrected chi connectivity index (χ0v) is 25.8. The van der Waals surface area contributed by atoms with Crippen molar-refractivity contribution >= 4 is 37.2 Å². The summed E-state index contributed by atoms with van der Waals surface area (Å²) in [7, 11) is -1.96. The van der Waals surface area contributed by atoms with E-state index in [-0.39, 0.29) is 48.4 Å². The van der Waals surface area contributed by atoms with Gasteiger partial charge in [0.15, 0.2) is 14.1 Å². The summed E-state index contributed by atoms with van der Waals surface area (Å²) in [6.45, 7) is 7.55. The Morgan fingerprint density at radius 3 is 2.39 bits per heavy atom. The second-order valence-electron chi connectivity index (χ2n) is 12.4. The van der Waals surface area contributed by atoms with E-state index in [0.29, 0.717) is 45.4 Å². The molecule has 3 aliphatic rings. The van der Waals surface area contributed by atoms with Gasteiger partial charge in [0.1, 0.15) is 12.3 Å². The van der Waals surface area contributed by atoms with Gasteiger partial charge in [0.25, 0.3) is 5.69 Å². The van der Waals surface area contributed by atoms with Crippen LogP contribution in [0.2, 0.25) is 19.6 Å². The van der Waals surface area contributed by atoms with E-state index in [9.17, 15) is 29.6 Å². The molecule has 44 heavy (non-hydrogen) atoms. The number of nitro groups is 1. The van der Waals surface area contributed by atoms with Crippen LogP contribution in [0, 0.1) is 16.0 Å². The zero-order valence-electron chi connectivity index (χ0n) is 24.8. The maximum atomic E-state index is 13.7. The van der Waals surface area contributed by atoms with Crippen LogP contribution in [0.4, 0.5) is 5.69 Å². The molecule has 1 saturated heterocycles. The van der Waals surface area contributed by atoms with Crippen molar-refractivity contribution in [1.82, 2.24) is 4.90 Å². The van der Waals surface area contributed by atoms with Gasteiger partial charge in [-0.25, -0.2) is 4.79 Å². The molecule has 0 spiro atoms. The number of ether oxygens (including phenoxy) is 1. The summed E-state index contributed by atoms with van der Waals surface area (Å²) in [5.41, 5.74) is 4.67. The smallest absolute Gasteiger partial charge is 0.355 e. The standard InChI is InChI=1S/C33H32N2O8Si/c1-18(43-44(2,3)4)28-27-15-25(20-13-21(16-36)29-26(14-20)23-7-5-6-8-24(23)31(29)37)30(34(27)32(28)38)33(39)42-17-19-9-11-22(12-10-19)35(40)41/h5-14,18,27-28,36H,15-17H2,1-4H3/t18-,27-,28-/m1/s1. The Balaban J connectivity index is 1.39. The van der Waals surface area contributed by atoms with E-state index in [0.717, 1.165) is 5.56 Å². The molecule has 3 atom stereocenters. The molecule has 3 aromatic carbocycles. The molecule has 6 rings (SSSR count). The molecule has 0 saturated carbocycles. The first-order valence-corrected chi connectivity index (χ1v) is 17.9. The fourth-order valence-electron chi connectivity index (χ4n) is 6.60. The third kappa shape index (κ3) is 4.96. The molecule has 1 amide bonds. The predicted molar refractivity (Wildman–Crippen MR) is 164 cm³/mol. The number of carbonyl (C=O) groups excluding carboxylic acids is 3. The fourth-order valence-corrected chi connectivity index (χ4v) is 7.86. The van der Waals surface area contributed by atoms with Crippen LogP contribution in [0.5, 0.6) is 0 Å². The van der Waals surface area contributed by atoms with Crippen LogP contribution in [-0.2, 0) is 32.0 Å². The number of rotatable bonds is 9. The highest BCUT2D eigenvalue weighted by Gasteiger charge is 2.58. The number of ketones is 1. The van der Waals surface area contributed by atoms with Gasteiger partial charge >= 0.3 is 5.97 Å². The van der Waals surface area contributed by atoms with Gasteiger partial charge in [-0.1, -0.05) is 24.3 Å². The van der Waals surface area contributed by atoms with Crippen molar-refractivity contribution in [2.75, 3.05) is 0 Å². The molecule has 2 heterocycles. The van der Waals surface area contributed by atoms with Crippen molar-refractivity contribution in [3.8, 4) is 11.1 Å². The van der Waals surface area contributed by atoms with Crippen molar-refractivity contribution in [2.24, 2.45) is 5.92 Å². The van der Waals surface area contributed by atoms with Crippen molar-refractivity contribution in [3.05, 3.63) is 104 Å². The highest BCUT2D eigenvalue weighted by molar-refractivity contribution is 6.69. The average Bonchev–Trinajstić information content (AvgIpc) is 3.47. The third-order valence-corrected chi connectivity index (χ3v) is 9.47. The Hall–Kier alpha value is -4.45. The van der Waals surface area contributed by atoms with E-state index in [1.807, 2.05) is 25.1 Å². The van der Waals surface area contributed by atoms with Gasteiger partial charge in [0.2, 0.25) is 5.91 Å². The normalized spacial score (nSPS) is 19.3. The molecule has 1 N–H and O–H groups in total. The third-order valence-electron chi connectivity index (χ3n) is 8.39. The number of benzene rings is 3. The van der Waals surface area contributed by atoms with E-state index >= 15 is 0 Å². The Kier molecular flexibility index (Phi) is 7.35. The molecular weight excluding hydrogens is 580 g/mol. The Morgan fingerprint density at radius 1 is 1.07 bits per heavy atom. The number of carbonyl (C=O) groups is 3. The summed E-state index contributed by atoms with van der Waals surface area (Å²) in [6.07, 6.45) is 0.0291. The Labute approximate surface area is 255 Å². The molecule has 1 fully saturated rings. The van der Waals surface area contributed by atoms with Crippen LogP contribution in [-0.4, -0.2) is 53.1 Å². The zero-order chi connectivity index (χ0) is 31.5. The van der Waals surface area contributed by atoms with E-state index in [1.165, 1.54) is 29.2 Å². The van der Waals surface area contributed by atoms with Gasteiger partial charge < -0.3 is 19.2 Å². The van der Waals surface area contributed by atoms with Gasteiger partial charge in [-0.15, -0.1) is 0 Å². The number of aliphatic hydroxyl groups excluding tert-OH is 1. The van der Waals surface area contributed by atoms with Gasteiger partial charge in [-0.05, 0) is 90.6 Å². The first-order chi connectivity index (χ1) is 20.9. The Morgan fingerprint density at radius 2 is 1.75 bits per heavy atom. The number of amides is 1. The Bertz CT molecular complexity index is 1760. The van der Waals surface area contributed by atoms with Crippen LogP contribution in [0.25, 0.3) is 16.7 Å². The van der Waals surface area contributed by atoms with E-state index in [4.69, 9.17) is 9.16 Å². The SMILES string of the molecule is C[C@@H](O[Si](C)(C)C)[C@H]1C(=O)N2C(C(=O)OCc3ccc([N+](=O)[O-])cc3)=C(c3cc(CO)c4c(c3)-c3ccccc3C4=O)C[C@H]12. The number of β-lactam (4-membered cyclic amide) rings is 1. The van der Waals surface area contributed by atoms with E-state index in [2.05, 4.69) is 19.6 Å². The molecule has 3 aromatic rings. The minimum Gasteiger partial charge on any atom is -0.456 e. The second kappa shape index (κ2) is 10.9. The second-order valence-corrected chi connectivity index (χ2v) is 16.8. The number of aliphatic hydroxyl groups is 1. The first kappa shape index (κ1) is 29.6. The van der Waals surface area contributed by atoms with Crippen LogP contribution in [0.15, 0.2) is 66.4 Å². The van der Waals surface area contributed by atoms with E-state index in [1.54, 1.807) is 18.2 Å². The summed E-state index contributed by atoms with van der Waals surface area (Å²) in [5, 5.41) is 21.3. The lowest BCUT2D eigenvalue weighted by molar-refractivity contribution is -0.384. The average molecular weight is 613 g/mol. The summed E-state index contributed by atoms with van der Waals surface area (Å²) in [4.78, 5) is 52.6. The summed E-state index contributed by atoms with van der Waals surface area (Å²) in [6, 6.07) is 16.2. The molecule has 1 aliphatic carbocycles. The van der Waals surface area contributed by atoms with Gasteiger partial charge in [-0.2, -0.15) is 0 Å².